The molecule has 0 bridgehead atoms. The van der Waals surface area contributed by atoms with E-state index in [1.807, 2.05) is 50.2 Å². The number of sulfonamides is 1. The molecule has 112 valence electrons. The molecule has 0 saturated carbocycles. The van der Waals surface area contributed by atoms with Gasteiger partial charge in [-0.1, -0.05) is 25.1 Å². The molecule has 0 fully saturated rings. The van der Waals surface area contributed by atoms with Crippen molar-refractivity contribution < 1.29 is 8.42 Å². The van der Waals surface area contributed by atoms with Crippen molar-refractivity contribution in [2.45, 2.75) is 26.8 Å². The van der Waals surface area contributed by atoms with Gasteiger partial charge in [-0.15, -0.1) is 0 Å². The van der Waals surface area contributed by atoms with E-state index in [4.69, 9.17) is 0 Å². The second kappa shape index (κ2) is 6.72. The topological polar surface area (TPSA) is 50.3 Å². The molecule has 2 rings (SSSR count). The maximum absolute atomic E-state index is 12.6. The average molecular weight is 304 g/mol. The summed E-state index contributed by atoms with van der Waals surface area (Å²) in [5, 5.41) is 0. The Morgan fingerprint density at radius 2 is 2.00 bits per heavy atom. The monoisotopic (exact) mass is 304 g/mol. The highest BCUT2D eigenvalue weighted by atomic mass is 32.2. The van der Waals surface area contributed by atoms with Crippen molar-refractivity contribution in [1.82, 2.24) is 4.98 Å². The first-order valence-electron chi connectivity index (χ1n) is 6.99. The molecule has 0 radical (unpaired) electrons. The Balaban J connectivity index is 2.40. The molecule has 1 aromatic carbocycles. The summed E-state index contributed by atoms with van der Waals surface area (Å²) in [4.78, 5) is 4.06. The van der Waals surface area contributed by atoms with Gasteiger partial charge < -0.3 is 0 Å². The molecule has 0 atom stereocenters. The van der Waals surface area contributed by atoms with Crippen LogP contribution < -0.4 is 4.31 Å². The van der Waals surface area contributed by atoms with Gasteiger partial charge in [0.15, 0.2) is 0 Å². The van der Waals surface area contributed by atoms with Crippen molar-refractivity contribution >= 4 is 15.7 Å². The van der Waals surface area contributed by atoms with Crippen molar-refractivity contribution in [2.24, 2.45) is 0 Å². The molecule has 21 heavy (non-hydrogen) atoms. The van der Waals surface area contributed by atoms with Gasteiger partial charge in [0, 0.05) is 12.4 Å². The van der Waals surface area contributed by atoms with E-state index in [9.17, 15) is 8.42 Å². The third kappa shape index (κ3) is 4.04. The summed E-state index contributed by atoms with van der Waals surface area (Å²) in [6.07, 6.45) is 3.98. The third-order valence-corrected chi connectivity index (χ3v) is 5.07. The van der Waals surface area contributed by atoms with Crippen LogP contribution >= 0.6 is 0 Å². The van der Waals surface area contributed by atoms with Gasteiger partial charge in [-0.2, -0.15) is 0 Å². The van der Waals surface area contributed by atoms with Gasteiger partial charge in [0.05, 0.1) is 18.0 Å². The van der Waals surface area contributed by atoms with Crippen LogP contribution in [0.4, 0.5) is 5.69 Å². The Bertz CT molecular complexity index is 684. The average Bonchev–Trinajstić information content (AvgIpc) is 2.45. The highest BCUT2D eigenvalue weighted by molar-refractivity contribution is 7.92. The first-order chi connectivity index (χ1) is 10.0. The van der Waals surface area contributed by atoms with E-state index in [1.165, 1.54) is 4.31 Å². The molecule has 4 nitrogen and oxygen atoms in total. The summed E-state index contributed by atoms with van der Waals surface area (Å²) in [5.74, 6) is 0.140. The van der Waals surface area contributed by atoms with Crippen LogP contribution in [0.1, 0.15) is 24.5 Å². The molecule has 0 amide bonds. The molecule has 0 aliphatic rings. The summed E-state index contributed by atoms with van der Waals surface area (Å²) in [5.41, 5.74) is 2.61. The number of benzene rings is 1. The van der Waals surface area contributed by atoms with Gasteiger partial charge in [-0.05, 0) is 42.7 Å². The van der Waals surface area contributed by atoms with E-state index in [1.54, 1.807) is 12.4 Å². The number of aromatic nitrogens is 1. The third-order valence-electron chi connectivity index (χ3n) is 3.14. The van der Waals surface area contributed by atoms with Crippen molar-refractivity contribution in [3.8, 4) is 0 Å². The number of rotatable bonds is 6. The van der Waals surface area contributed by atoms with Crippen LogP contribution in [0.15, 0.2) is 48.8 Å². The second-order valence-corrected chi connectivity index (χ2v) is 7.04. The molecule has 0 N–H and O–H groups in total. The van der Waals surface area contributed by atoms with Crippen LogP contribution in [0.25, 0.3) is 0 Å². The van der Waals surface area contributed by atoms with Crippen LogP contribution in [-0.4, -0.2) is 19.2 Å². The normalized spacial score (nSPS) is 11.3. The van der Waals surface area contributed by atoms with Crippen LogP contribution in [-0.2, 0) is 16.6 Å². The zero-order chi connectivity index (χ0) is 15.3. The molecule has 5 heteroatoms. The Labute approximate surface area is 126 Å². The summed E-state index contributed by atoms with van der Waals surface area (Å²) in [6, 6.07) is 11.3. The molecular weight excluding hydrogens is 284 g/mol. The van der Waals surface area contributed by atoms with E-state index in [2.05, 4.69) is 4.98 Å². The molecule has 0 unspecified atom stereocenters. The minimum Gasteiger partial charge on any atom is -0.266 e. The fraction of sp³-hybridized carbons (Fsp3) is 0.312. The predicted molar refractivity (Wildman–Crippen MR) is 85.7 cm³/mol. The second-order valence-electron chi connectivity index (χ2n) is 5.02. The standard InChI is InChI=1S/C16H20N2O2S/c1-3-10-21(19,20)18(13-15-7-5-9-17-12-15)16-8-4-6-14(2)11-16/h4-9,11-12H,3,10,13H2,1-2H3. The lowest BCUT2D eigenvalue weighted by atomic mass is 10.2. The first-order valence-corrected chi connectivity index (χ1v) is 8.60. The Morgan fingerprint density at radius 3 is 2.62 bits per heavy atom. The number of anilines is 1. The minimum absolute atomic E-state index is 0.140. The number of pyridine rings is 1. The van der Waals surface area contributed by atoms with Gasteiger partial charge in [0.1, 0.15) is 0 Å². The van der Waals surface area contributed by atoms with E-state index in [0.29, 0.717) is 18.7 Å². The van der Waals surface area contributed by atoms with E-state index in [0.717, 1.165) is 11.1 Å². The molecule has 0 spiro atoms. The van der Waals surface area contributed by atoms with E-state index < -0.39 is 10.0 Å². The number of hydrogen-bond donors (Lipinski definition) is 0. The quantitative estimate of drug-likeness (QED) is 0.824. The Morgan fingerprint density at radius 1 is 1.19 bits per heavy atom. The largest absolute Gasteiger partial charge is 0.266 e. The van der Waals surface area contributed by atoms with Crippen molar-refractivity contribution in [2.75, 3.05) is 10.1 Å². The molecule has 0 aliphatic heterocycles. The van der Waals surface area contributed by atoms with Gasteiger partial charge in [0.2, 0.25) is 10.0 Å². The fourth-order valence-corrected chi connectivity index (χ4v) is 3.68. The maximum atomic E-state index is 12.6. The molecule has 0 aliphatic carbocycles. The van der Waals surface area contributed by atoms with Crippen LogP contribution in [0.5, 0.6) is 0 Å². The van der Waals surface area contributed by atoms with Crippen LogP contribution in [0.2, 0.25) is 0 Å². The molecule has 0 saturated heterocycles. The minimum atomic E-state index is -3.33. The molecule has 1 aromatic heterocycles. The lowest BCUT2D eigenvalue weighted by molar-refractivity contribution is 0.589. The van der Waals surface area contributed by atoms with Gasteiger partial charge >= 0.3 is 0 Å². The van der Waals surface area contributed by atoms with Gasteiger partial charge in [0.25, 0.3) is 0 Å². The molecule has 1 heterocycles. The zero-order valence-corrected chi connectivity index (χ0v) is 13.2. The first kappa shape index (κ1) is 15.5. The zero-order valence-electron chi connectivity index (χ0n) is 12.4. The number of aryl methyl sites for hydroxylation is 1. The predicted octanol–water partition coefficient (Wildman–Crippen LogP) is 3.14. The van der Waals surface area contributed by atoms with E-state index in [-0.39, 0.29) is 5.75 Å². The van der Waals surface area contributed by atoms with Crippen molar-refractivity contribution in [1.29, 1.82) is 0 Å². The number of hydrogen-bond acceptors (Lipinski definition) is 3. The van der Waals surface area contributed by atoms with Crippen molar-refractivity contribution in [3.63, 3.8) is 0 Å². The molecule has 2 aromatic rings. The summed E-state index contributed by atoms with van der Waals surface area (Å²) < 4.78 is 26.6. The lowest BCUT2D eigenvalue weighted by Gasteiger charge is -2.24. The SMILES string of the molecule is CCCS(=O)(=O)N(Cc1cccnc1)c1cccc(C)c1. The van der Waals surface area contributed by atoms with Crippen LogP contribution in [0, 0.1) is 6.92 Å². The summed E-state index contributed by atoms with van der Waals surface area (Å²) >= 11 is 0. The maximum Gasteiger partial charge on any atom is 0.235 e. The summed E-state index contributed by atoms with van der Waals surface area (Å²) in [7, 11) is -3.33. The highest BCUT2D eigenvalue weighted by Gasteiger charge is 2.22. The molecular formula is C16H20N2O2S. The summed E-state index contributed by atoms with van der Waals surface area (Å²) in [6.45, 7) is 4.13. The van der Waals surface area contributed by atoms with Crippen molar-refractivity contribution in [3.05, 3.63) is 59.9 Å². The highest BCUT2D eigenvalue weighted by Crippen LogP contribution is 2.22. The lowest BCUT2D eigenvalue weighted by Crippen LogP contribution is -2.32. The van der Waals surface area contributed by atoms with Gasteiger partial charge in [-0.3, -0.25) is 9.29 Å². The van der Waals surface area contributed by atoms with E-state index >= 15 is 0 Å². The van der Waals surface area contributed by atoms with Gasteiger partial charge in [-0.25, -0.2) is 8.42 Å². The van der Waals surface area contributed by atoms with Crippen LogP contribution in [0.3, 0.4) is 0 Å². The fourth-order valence-electron chi connectivity index (χ4n) is 2.16. The Hall–Kier alpha value is -1.88. The number of nitrogens with zero attached hydrogens (tertiary/aromatic N) is 2. The Kier molecular flexibility index (Phi) is 4.96. The smallest absolute Gasteiger partial charge is 0.235 e.